The molecule has 4 aromatic heterocycles. The van der Waals surface area contributed by atoms with Gasteiger partial charge in [0.15, 0.2) is 47.4 Å². The van der Waals surface area contributed by atoms with Crippen LogP contribution < -0.4 is 17.0 Å². The SMILES string of the molecule is Nc1nc2c(ncn2[C@@H]2O[C@@H]3COP(O)(=S)O[C@@H]4C(F)[C@H](n5cnc6c(N)ncnc65)O[C@@H]4CCP(=O)(S)O[C@@H]3C2F)c(=O)[nH]1. The van der Waals surface area contributed by atoms with Crippen LogP contribution in [0.3, 0.4) is 0 Å². The number of halogens is 2. The molecule has 7 rings (SSSR count). The Labute approximate surface area is 260 Å². The molecule has 4 aromatic rings. The summed E-state index contributed by atoms with van der Waals surface area (Å²) in [5, 5.41) is 0. The Morgan fingerprint density at radius 3 is 2.38 bits per heavy atom. The van der Waals surface area contributed by atoms with Crippen LogP contribution in [0.4, 0.5) is 20.5 Å². The van der Waals surface area contributed by atoms with Gasteiger partial charge in [-0.1, -0.05) is 12.2 Å². The molecule has 6 N–H and O–H groups in total. The molecule has 10 atom stereocenters. The van der Waals surface area contributed by atoms with Crippen LogP contribution in [0.2, 0.25) is 0 Å². The van der Waals surface area contributed by atoms with Gasteiger partial charge in [-0.05, 0) is 18.2 Å². The number of nitrogens with two attached hydrogens (primary N) is 2. The molecular formula is C21H24F2N10O8P2S2. The monoisotopic (exact) mass is 708 g/mol. The van der Waals surface area contributed by atoms with Gasteiger partial charge >= 0.3 is 6.72 Å². The first-order valence-corrected chi connectivity index (χ1v) is 18.8. The van der Waals surface area contributed by atoms with E-state index in [9.17, 15) is 14.3 Å². The highest BCUT2D eigenvalue weighted by Crippen LogP contribution is 2.58. The smallest absolute Gasteiger partial charge is 0.325 e. The van der Waals surface area contributed by atoms with E-state index in [1.54, 1.807) is 0 Å². The van der Waals surface area contributed by atoms with Crippen LogP contribution in [0.15, 0.2) is 23.8 Å². The zero-order valence-corrected chi connectivity index (χ0v) is 26.1. The van der Waals surface area contributed by atoms with Crippen molar-refractivity contribution in [2.75, 3.05) is 24.2 Å². The molecule has 3 saturated heterocycles. The molecule has 3 aliphatic heterocycles. The number of aromatic nitrogens is 8. The summed E-state index contributed by atoms with van der Waals surface area (Å²) >= 11 is 9.37. The molecule has 0 spiro atoms. The first-order valence-electron chi connectivity index (χ1n) is 13.2. The fraction of sp³-hybridized carbons (Fsp3) is 0.524. The van der Waals surface area contributed by atoms with Gasteiger partial charge in [0.1, 0.15) is 30.2 Å². The van der Waals surface area contributed by atoms with Gasteiger partial charge in [-0.15, -0.1) is 0 Å². The average Bonchev–Trinajstić information content (AvgIpc) is 3.72. The molecule has 4 unspecified atom stereocenters. The van der Waals surface area contributed by atoms with Crippen LogP contribution in [0.1, 0.15) is 18.9 Å². The number of hydrogen-bond donors (Lipinski definition) is 5. The van der Waals surface area contributed by atoms with Crippen molar-refractivity contribution in [2.24, 2.45) is 0 Å². The lowest BCUT2D eigenvalue weighted by atomic mass is 10.1. The summed E-state index contributed by atoms with van der Waals surface area (Å²) in [7, 11) is 0. The van der Waals surface area contributed by atoms with Gasteiger partial charge in [-0.2, -0.15) is 4.98 Å². The molecule has 3 aliphatic rings. The van der Waals surface area contributed by atoms with Gasteiger partial charge in [-0.3, -0.25) is 28.0 Å². The van der Waals surface area contributed by atoms with Crippen molar-refractivity contribution in [1.82, 2.24) is 39.0 Å². The lowest BCUT2D eigenvalue weighted by molar-refractivity contribution is -0.0456. The highest BCUT2D eigenvalue weighted by Gasteiger charge is 2.53. The van der Waals surface area contributed by atoms with Crippen LogP contribution in [-0.4, -0.2) is 93.5 Å². The summed E-state index contributed by atoms with van der Waals surface area (Å²) in [6.45, 7) is -8.78. The van der Waals surface area contributed by atoms with Crippen molar-refractivity contribution in [1.29, 1.82) is 0 Å². The predicted molar refractivity (Wildman–Crippen MR) is 158 cm³/mol. The van der Waals surface area contributed by atoms with Gasteiger partial charge in [0.2, 0.25) is 5.95 Å². The Balaban J connectivity index is 1.17. The van der Waals surface area contributed by atoms with E-state index in [2.05, 4.69) is 42.2 Å². The maximum Gasteiger partial charge on any atom is 0.325 e. The van der Waals surface area contributed by atoms with Crippen LogP contribution in [0.25, 0.3) is 22.3 Å². The average molecular weight is 709 g/mol. The number of anilines is 2. The van der Waals surface area contributed by atoms with Crippen LogP contribution >= 0.6 is 25.5 Å². The molecule has 45 heavy (non-hydrogen) atoms. The minimum Gasteiger partial charge on any atom is -0.382 e. The molecule has 18 nitrogen and oxygen atoms in total. The highest BCUT2D eigenvalue weighted by atomic mass is 32.7. The number of thiol groups is 1. The molecule has 7 heterocycles. The highest BCUT2D eigenvalue weighted by molar-refractivity contribution is 8.46. The number of hydrogen-bond acceptors (Lipinski definition) is 15. The first kappa shape index (κ1) is 31.0. The minimum atomic E-state index is -4.24. The van der Waals surface area contributed by atoms with Crippen LogP contribution in [0.5, 0.6) is 0 Å². The number of nitrogens with zero attached hydrogens (tertiary/aromatic N) is 7. The fourth-order valence-electron chi connectivity index (χ4n) is 5.52. The number of nitrogens with one attached hydrogen (secondary N) is 1. The molecule has 24 heteroatoms. The number of alkyl halides is 2. The Hall–Kier alpha value is -2.65. The summed E-state index contributed by atoms with van der Waals surface area (Å²) in [5.74, 6) is -0.176. The van der Waals surface area contributed by atoms with Crippen molar-refractivity contribution < 1.29 is 41.3 Å². The van der Waals surface area contributed by atoms with E-state index in [1.165, 1.54) is 17.2 Å². The van der Waals surface area contributed by atoms with Gasteiger partial charge in [-0.25, -0.2) is 28.7 Å². The number of H-pyrrole nitrogens is 1. The number of ether oxygens (including phenoxy) is 2. The second-order valence-electron chi connectivity index (χ2n) is 10.4. The molecule has 3 fully saturated rings. The van der Waals surface area contributed by atoms with Crippen molar-refractivity contribution in [3.63, 3.8) is 0 Å². The molecule has 0 radical (unpaired) electrons. The number of nitrogen functional groups attached to an aromatic ring is 2. The van der Waals surface area contributed by atoms with E-state index < -0.39 is 74.7 Å². The van der Waals surface area contributed by atoms with Gasteiger partial charge in [0, 0.05) is 6.16 Å². The molecule has 0 bridgehead atoms. The Bertz CT molecular complexity index is 1950. The topological polar surface area (TPSA) is 243 Å². The quantitative estimate of drug-likeness (QED) is 0.145. The zero-order chi connectivity index (χ0) is 31.8. The minimum absolute atomic E-state index is 0.0683. The van der Waals surface area contributed by atoms with E-state index in [0.717, 1.165) is 10.9 Å². The Morgan fingerprint density at radius 1 is 1.00 bits per heavy atom. The van der Waals surface area contributed by atoms with E-state index in [0.29, 0.717) is 0 Å². The summed E-state index contributed by atoms with van der Waals surface area (Å²) in [4.78, 5) is 45.5. The lowest BCUT2D eigenvalue weighted by Gasteiger charge is -2.29. The molecule has 0 aliphatic carbocycles. The maximum atomic E-state index is 16.0. The summed E-state index contributed by atoms with van der Waals surface area (Å²) in [6.07, 6.45) is -9.29. The predicted octanol–water partition coefficient (Wildman–Crippen LogP) is 1.13. The van der Waals surface area contributed by atoms with E-state index in [1.807, 2.05) is 0 Å². The van der Waals surface area contributed by atoms with Gasteiger partial charge < -0.3 is 34.9 Å². The largest absolute Gasteiger partial charge is 0.382 e. The van der Waals surface area contributed by atoms with Crippen molar-refractivity contribution in [3.8, 4) is 0 Å². The van der Waals surface area contributed by atoms with Crippen molar-refractivity contribution in [3.05, 3.63) is 29.3 Å². The van der Waals surface area contributed by atoms with Gasteiger partial charge in [0.05, 0.1) is 25.4 Å². The molecule has 0 saturated carbocycles. The summed E-state index contributed by atoms with van der Waals surface area (Å²) in [5.41, 5.74) is 11.0. The fourth-order valence-corrected chi connectivity index (χ4v) is 8.95. The normalized spacial score (nSPS) is 37.7. The van der Waals surface area contributed by atoms with Crippen molar-refractivity contribution >= 4 is 71.4 Å². The van der Waals surface area contributed by atoms with E-state index in [4.69, 9.17) is 46.3 Å². The molecular weight excluding hydrogens is 684 g/mol. The molecule has 0 aromatic carbocycles. The third-order valence-electron chi connectivity index (χ3n) is 7.56. The summed E-state index contributed by atoms with van der Waals surface area (Å²) < 4.78 is 76.6. The number of rotatable bonds is 2. The van der Waals surface area contributed by atoms with Gasteiger partial charge in [0.25, 0.3) is 12.1 Å². The van der Waals surface area contributed by atoms with Crippen molar-refractivity contribution in [2.45, 2.75) is 55.6 Å². The third kappa shape index (κ3) is 5.56. The van der Waals surface area contributed by atoms with E-state index in [-0.39, 0.29) is 46.7 Å². The standard InChI is InChI=1S/C21H24F2N10O8P2S2/c22-9-13-7(38-19(9)32-5-28-11-15(24)26-4-27-16(11)32)1-2-42(35,44)40-14-8(3-37-43(36,45)41-13)39-20(10(14)23)33-6-29-12-17(33)30-21(25)31-18(12)34/h4-10,13-14,19-20H,1-3H2,(H,35,44)(H,36,45)(H2,24,26,27)(H3,25,30,31,34)/t7-,8-,9?,10?,13+,14+,19-,20-,42?,43?/m1/s1. The molecule has 0 amide bonds. The first-order chi connectivity index (χ1) is 21.3. The van der Waals surface area contributed by atoms with Crippen LogP contribution in [0, 0.1) is 0 Å². The Morgan fingerprint density at radius 2 is 1.64 bits per heavy atom. The second-order valence-corrected chi connectivity index (χ2v) is 17.0. The number of fused-ring (bicyclic) bond motifs is 4. The third-order valence-corrected chi connectivity index (χ3v) is 11.4. The Kier molecular flexibility index (Phi) is 7.75. The summed E-state index contributed by atoms with van der Waals surface area (Å²) in [6, 6.07) is 0. The second kappa shape index (κ2) is 11.3. The van der Waals surface area contributed by atoms with E-state index >= 15 is 8.78 Å². The number of imidazole rings is 2. The van der Waals surface area contributed by atoms with Crippen LogP contribution in [-0.2, 0) is 39.4 Å². The number of aromatic amines is 1. The maximum absolute atomic E-state index is 16.0. The zero-order valence-electron chi connectivity index (χ0n) is 22.6. The lowest BCUT2D eigenvalue weighted by Crippen LogP contribution is -2.36. The molecule has 242 valence electrons.